The lowest BCUT2D eigenvalue weighted by Crippen LogP contribution is -2.23. The number of hydrogen-bond donors (Lipinski definition) is 1. The Morgan fingerprint density at radius 3 is 2.67 bits per heavy atom. The molecule has 1 amide bonds. The molecule has 2 aromatic heterocycles. The number of hydrogen-bond acceptors (Lipinski definition) is 6. The van der Waals surface area contributed by atoms with E-state index in [2.05, 4.69) is 6.92 Å². The lowest BCUT2D eigenvalue weighted by atomic mass is 10.1. The summed E-state index contributed by atoms with van der Waals surface area (Å²) >= 11 is 1.22. The lowest BCUT2D eigenvalue weighted by Gasteiger charge is -2.18. The van der Waals surface area contributed by atoms with E-state index in [1.807, 2.05) is 31.2 Å². The van der Waals surface area contributed by atoms with Crippen molar-refractivity contribution < 1.29 is 19.0 Å². The van der Waals surface area contributed by atoms with Crippen molar-refractivity contribution in [2.24, 2.45) is 5.73 Å². The highest BCUT2D eigenvalue weighted by Crippen LogP contribution is 2.39. The number of nitrogens with two attached hydrogens (primary N) is 1. The highest BCUT2D eigenvalue weighted by molar-refractivity contribution is 7.22. The summed E-state index contributed by atoms with van der Waals surface area (Å²) in [5.74, 6) is -0.606. The van der Waals surface area contributed by atoms with Crippen molar-refractivity contribution in [1.82, 2.24) is 4.57 Å². The molecule has 0 aliphatic carbocycles. The number of unbranched alkanes of at least 4 members (excludes halogenated alkanes) is 1. The number of rotatable bonds is 11. The molecule has 0 aliphatic rings. The molecule has 3 aromatic rings. The normalized spacial score (nSPS) is 12.6. The van der Waals surface area contributed by atoms with Gasteiger partial charge < -0.3 is 24.5 Å². The molecule has 0 saturated carbocycles. The minimum absolute atomic E-state index is 0.161. The number of aryl methyl sites for hydroxylation is 1. The van der Waals surface area contributed by atoms with Crippen molar-refractivity contribution in [3.05, 3.63) is 45.1 Å². The van der Waals surface area contributed by atoms with Gasteiger partial charge in [-0.1, -0.05) is 31.5 Å². The number of fused-ring (bicyclic) bond motifs is 3. The molecule has 8 heteroatoms. The molecule has 7 nitrogen and oxygen atoms in total. The van der Waals surface area contributed by atoms with Crippen LogP contribution in [0, 0.1) is 0 Å². The van der Waals surface area contributed by atoms with Gasteiger partial charge in [0.1, 0.15) is 4.88 Å². The standard InChI is InChI=1S/C22H28N2O5S/c1-4-6-11-24-15-10-8-7-9-14(15)18-16(21(24)26)17(19(30-18)20(23)25)22(27-3)29-13-12-28-5-2/h7-10,22H,4-6,11-13H2,1-3H3,(H2,23,25). The molecule has 0 saturated heterocycles. The van der Waals surface area contributed by atoms with E-state index < -0.39 is 12.2 Å². The van der Waals surface area contributed by atoms with Crippen molar-refractivity contribution >= 4 is 38.2 Å². The first-order chi connectivity index (χ1) is 14.5. The third kappa shape index (κ3) is 4.27. The molecule has 162 valence electrons. The van der Waals surface area contributed by atoms with Crippen LogP contribution in [0.4, 0.5) is 0 Å². The Hall–Kier alpha value is -2.26. The van der Waals surface area contributed by atoms with Gasteiger partial charge in [-0.25, -0.2) is 0 Å². The molecule has 1 atom stereocenters. The molecule has 1 unspecified atom stereocenters. The summed E-state index contributed by atoms with van der Waals surface area (Å²) in [7, 11) is 1.48. The Labute approximate surface area is 179 Å². The van der Waals surface area contributed by atoms with E-state index in [0.717, 1.165) is 28.4 Å². The van der Waals surface area contributed by atoms with E-state index in [1.165, 1.54) is 18.4 Å². The number of nitrogens with zero attached hydrogens (tertiary/aromatic N) is 1. The van der Waals surface area contributed by atoms with Gasteiger partial charge in [-0.15, -0.1) is 11.3 Å². The van der Waals surface area contributed by atoms with Gasteiger partial charge >= 0.3 is 0 Å². The Morgan fingerprint density at radius 2 is 2.00 bits per heavy atom. The predicted molar refractivity (Wildman–Crippen MR) is 119 cm³/mol. The quantitative estimate of drug-likeness (QED) is 0.367. The van der Waals surface area contributed by atoms with Crippen LogP contribution in [0.25, 0.3) is 21.0 Å². The number of amides is 1. The molecular formula is C22H28N2O5S. The summed E-state index contributed by atoms with van der Waals surface area (Å²) in [6.45, 7) is 5.79. The van der Waals surface area contributed by atoms with Gasteiger partial charge in [0.15, 0.2) is 6.29 Å². The average molecular weight is 433 g/mol. The first kappa shape index (κ1) is 22.4. The maximum absolute atomic E-state index is 13.6. The number of methoxy groups -OCH3 is 1. The Bertz CT molecular complexity index is 1090. The summed E-state index contributed by atoms with van der Waals surface area (Å²) in [6.07, 6.45) is 0.939. The van der Waals surface area contributed by atoms with Gasteiger partial charge in [0.2, 0.25) is 0 Å². The van der Waals surface area contributed by atoms with E-state index in [-0.39, 0.29) is 17.0 Å². The summed E-state index contributed by atoms with van der Waals surface area (Å²) in [5, 5.41) is 1.35. The first-order valence-electron chi connectivity index (χ1n) is 10.1. The van der Waals surface area contributed by atoms with Gasteiger partial charge in [-0.2, -0.15) is 0 Å². The fourth-order valence-electron chi connectivity index (χ4n) is 3.57. The van der Waals surface area contributed by atoms with Crippen molar-refractivity contribution in [2.75, 3.05) is 26.9 Å². The number of pyridine rings is 1. The summed E-state index contributed by atoms with van der Waals surface area (Å²) in [4.78, 5) is 26.1. The van der Waals surface area contributed by atoms with Crippen LogP contribution >= 0.6 is 11.3 Å². The lowest BCUT2D eigenvalue weighted by molar-refractivity contribution is -0.136. The molecule has 0 radical (unpaired) electrons. The Morgan fingerprint density at radius 1 is 1.23 bits per heavy atom. The number of ether oxygens (including phenoxy) is 3. The second-order valence-electron chi connectivity index (χ2n) is 6.88. The number of para-hydroxylation sites is 1. The molecule has 3 rings (SSSR count). The maximum Gasteiger partial charge on any atom is 0.260 e. The van der Waals surface area contributed by atoms with Gasteiger partial charge in [0, 0.05) is 31.2 Å². The molecular weight excluding hydrogens is 404 g/mol. The summed E-state index contributed by atoms with van der Waals surface area (Å²) in [6, 6.07) is 7.73. The minimum Gasteiger partial charge on any atom is -0.379 e. The van der Waals surface area contributed by atoms with Crippen LogP contribution < -0.4 is 11.3 Å². The fourth-order valence-corrected chi connectivity index (χ4v) is 4.76. The zero-order valence-electron chi connectivity index (χ0n) is 17.6. The van der Waals surface area contributed by atoms with Gasteiger partial charge in [-0.05, 0) is 19.4 Å². The molecule has 2 N–H and O–H groups in total. The van der Waals surface area contributed by atoms with Gasteiger partial charge in [0.05, 0.1) is 28.8 Å². The average Bonchev–Trinajstić information content (AvgIpc) is 3.15. The molecule has 1 aromatic carbocycles. The fraction of sp³-hybridized carbons (Fsp3) is 0.455. The number of carbonyl (C=O) groups excluding carboxylic acids is 1. The van der Waals surface area contributed by atoms with E-state index in [1.54, 1.807) is 4.57 Å². The highest BCUT2D eigenvalue weighted by Gasteiger charge is 2.28. The Balaban J connectivity index is 2.27. The van der Waals surface area contributed by atoms with Crippen LogP contribution in [0.3, 0.4) is 0 Å². The van der Waals surface area contributed by atoms with Gasteiger partial charge in [-0.3, -0.25) is 9.59 Å². The number of carbonyl (C=O) groups is 1. The number of aromatic nitrogens is 1. The second-order valence-corrected chi connectivity index (χ2v) is 7.90. The number of benzene rings is 1. The maximum atomic E-state index is 13.6. The van der Waals surface area contributed by atoms with Gasteiger partial charge in [0.25, 0.3) is 11.5 Å². The molecule has 0 spiro atoms. The van der Waals surface area contributed by atoms with Crippen molar-refractivity contribution in [3.8, 4) is 0 Å². The molecule has 30 heavy (non-hydrogen) atoms. The molecule has 0 fully saturated rings. The zero-order valence-corrected chi connectivity index (χ0v) is 18.4. The summed E-state index contributed by atoms with van der Waals surface area (Å²) < 4.78 is 19.2. The van der Waals surface area contributed by atoms with E-state index in [9.17, 15) is 9.59 Å². The smallest absolute Gasteiger partial charge is 0.260 e. The monoisotopic (exact) mass is 432 g/mol. The third-order valence-corrected chi connectivity index (χ3v) is 6.21. The van der Waals surface area contributed by atoms with Crippen LogP contribution in [0.2, 0.25) is 0 Å². The zero-order chi connectivity index (χ0) is 21.7. The van der Waals surface area contributed by atoms with E-state index >= 15 is 0 Å². The number of thiophene rings is 1. The van der Waals surface area contributed by atoms with Crippen LogP contribution in [-0.4, -0.2) is 37.4 Å². The minimum atomic E-state index is -0.893. The van der Waals surface area contributed by atoms with Crippen LogP contribution in [0.5, 0.6) is 0 Å². The first-order valence-corrected chi connectivity index (χ1v) is 11.0. The molecule has 0 bridgehead atoms. The second kappa shape index (κ2) is 10.2. The summed E-state index contributed by atoms with van der Waals surface area (Å²) in [5.41, 5.74) is 6.78. The third-order valence-electron chi connectivity index (χ3n) is 4.95. The topological polar surface area (TPSA) is 92.8 Å². The highest BCUT2D eigenvalue weighted by atomic mass is 32.1. The van der Waals surface area contributed by atoms with Crippen molar-refractivity contribution in [2.45, 2.75) is 39.5 Å². The van der Waals surface area contributed by atoms with E-state index in [4.69, 9.17) is 19.9 Å². The predicted octanol–water partition coefficient (Wildman–Crippen LogP) is 3.81. The SMILES string of the molecule is CCCCn1c(=O)c2c(C(OC)OCCOCC)c(C(N)=O)sc2c2ccccc21. The number of primary amides is 1. The van der Waals surface area contributed by atoms with Crippen LogP contribution in [0.1, 0.15) is 48.2 Å². The van der Waals surface area contributed by atoms with Crippen molar-refractivity contribution in [3.63, 3.8) is 0 Å². The van der Waals surface area contributed by atoms with Crippen molar-refractivity contribution in [1.29, 1.82) is 0 Å². The Kier molecular flexibility index (Phi) is 7.60. The molecule has 0 aliphatic heterocycles. The largest absolute Gasteiger partial charge is 0.379 e. The van der Waals surface area contributed by atoms with E-state index in [0.29, 0.717) is 30.7 Å². The van der Waals surface area contributed by atoms with Crippen LogP contribution in [0.15, 0.2) is 29.1 Å². The van der Waals surface area contributed by atoms with Crippen LogP contribution in [-0.2, 0) is 20.8 Å². The molecule has 2 heterocycles.